The topological polar surface area (TPSA) is 29.9 Å². The van der Waals surface area contributed by atoms with Crippen LogP contribution in [-0.4, -0.2) is 22.6 Å². The van der Waals surface area contributed by atoms with E-state index in [1.807, 2.05) is 6.33 Å². The van der Waals surface area contributed by atoms with Gasteiger partial charge in [0.1, 0.15) is 0 Å². The molecule has 82 valence electrons. The maximum Gasteiger partial charge on any atom is 0.0955 e. The molecule has 2 bridgehead atoms. The number of hydrogen-bond acceptors (Lipinski definition) is 2. The van der Waals surface area contributed by atoms with Gasteiger partial charge < -0.3 is 9.88 Å². The van der Waals surface area contributed by atoms with E-state index < -0.39 is 0 Å². The quantitative estimate of drug-likeness (QED) is 0.722. The van der Waals surface area contributed by atoms with E-state index in [2.05, 4.69) is 34.0 Å². The van der Waals surface area contributed by atoms with E-state index in [9.17, 15) is 0 Å². The first kappa shape index (κ1) is 8.76. The van der Waals surface area contributed by atoms with Crippen LogP contribution in [0.3, 0.4) is 0 Å². The standard InChI is InChI=1S/C13H15N3/c1-16-7-15-12-3-10-8-2-9(6-14-5-8)11(10)4-13(12)16/h3-4,7-9,14H,2,5-6H2,1H3. The third-order valence-corrected chi connectivity index (χ3v) is 4.16. The summed E-state index contributed by atoms with van der Waals surface area (Å²) in [4.78, 5) is 4.45. The summed E-state index contributed by atoms with van der Waals surface area (Å²) in [5.41, 5.74) is 5.52. The van der Waals surface area contributed by atoms with Gasteiger partial charge >= 0.3 is 0 Å². The maximum atomic E-state index is 4.45. The number of nitrogens with one attached hydrogen (secondary N) is 1. The monoisotopic (exact) mass is 213 g/mol. The van der Waals surface area contributed by atoms with Gasteiger partial charge in [-0.2, -0.15) is 0 Å². The van der Waals surface area contributed by atoms with E-state index in [1.54, 1.807) is 11.1 Å². The molecule has 0 amide bonds. The van der Waals surface area contributed by atoms with Gasteiger partial charge in [0, 0.05) is 20.1 Å². The van der Waals surface area contributed by atoms with Crippen LogP contribution in [0.5, 0.6) is 0 Å². The SMILES string of the molecule is Cn1cnc2cc3c(cc21)C1CNCC3C1. The molecule has 2 aliphatic rings. The number of imidazole rings is 1. The minimum absolute atomic E-state index is 0.722. The van der Waals surface area contributed by atoms with Gasteiger partial charge in [0.15, 0.2) is 0 Å². The Morgan fingerprint density at radius 1 is 1.25 bits per heavy atom. The molecule has 1 aliphatic carbocycles. The van der Waals surface area contributed by atoms with Crippen molar-refractivity contribution in [1.82, 2.24) is 14.9 Å². The molecule has 1 N–H and O–H groups in total. The third-order valence-electron chi connectivity index (χ3n) is 4.16. The van der Waals surface area contributed by atoms with E-state index in [-0.39, 0.29) is 0 Å². The second-order valence-electron chi connectivity index (χ2n) is 5.11. The molecule has 2 aromatic rings. The van der Waals surface area contributed by atoms with Crippen molar-refractivity contribution < 1.29 is 0 Å². The molecule has 4 rings (SSSR count). The molecule has 1 saturated heterocycles. The predicted molar refractivity (Wildman–Crippen MR) is 63.7 cm³/mol. The molecule has 16 heavy (non-hydrogen) atoms. The van der Waals surface area contributed by atoms with Crippen molar-refractivity contribution in [1.29, 1.82) is 0 Å². The molecule has 1 aromatic carbocycles. The highest BCUT2D eigenvalue weighted by molar-refractivity contribution is 5.78. The lowest BCUT2D eigenvalue weighted by atomic mass is 9.98. The summed E-state index contributed by atoms with van der Waals surface area (Å²) in [6, 6.07) is 4.66. The van der Waals surface area contributed by atoms with E-state index >= 15 is 0 Å². The van der Waals surface area contributed by atoms with Crippen LogP contribution < -0.4 is 5.32 Å². The lowest BCUT2D eigenvalue weighted by molar-refractivity contribution is 0.454. The van der Waals surface area contributed by atoms with Gasteiger partial charge in [-0.1, -0.05) is 0 Å². The number of nitrogens with zero attached hydrogens (tertiary/aromatic N) is 2. The Morgan fingerprint density at radius 3 is 2.81 bits per heavy atom. The van der Waals surface area contributed by atoms with Crippen LogP contribution in [0.25, 0.3) is 11.0 Å². The molecule has 0 radical (unpaired) electrons. The summed E-state index contributed by atoms with van der Waals surface area (Å²) in [5.74, 6) is 1.45. The first-order valence-corrected chi connectivity index (χ1v) is 5.98. The van der Waals surface area contributed by atoms with Crippen LogP contribution in [0, 0.1) is 0 Å². The fourth-order valence-electron chi connectivity index (χ4n) is 3.33. The largest absolute Gasteiger partial charge is 0.334 e. The average Bonchev–Trinajstić information content (AvgIpc) is 2.79. The summed E-state index contributed by atoms with van der Waals surface area (Å²) in [7, 11) is 2.07. The minimum Gasteiger partial charge on any atom is -0.334 e. The Kier molecular flexibility index (Phi) is 1.56. The molecule has 3 nitrogen and oxygen atoms in total. The maximum absolute atomic E-state index is 4.45. The molecule has 2 atom stereocenters. The highest BCUT2D eigenvalue weighted by Crippen LogP contribution is 2.44. The fourth-order valence-corrected chi connectivity index (χ4v) is 3.33. The van der Waals surface area contributed by atoms with E-state index in [4.69, 9.17) is 0 Å². The Balaban J connectivity index is 2.02. The van der Waals surface area contributed by atoms with Gasteiger partial charge in [-0.15, -0.1) is 0 Å². The minimum atomic E-state index is 0.722. The van der Waals surface area contributed by atoms with Crippen LogP contribution in [-0.2, 0) is 7.05 Å². The molecule has 3 heteroatoms. The summed E-state index contributed by atoms with van der Waals surface area (Å²) < 4.78 is 2.12. The smallest absolute Gasteiger partial charge is 0.0955 e. The van der Waals surface area contributed by atoms with Gasteiger partial charge in [-0.3, -0.25) is 0 Å². The Bertz CT molecular complexity index is 570. The van der Waals surface area contributed by atoms with Gasteiger partial charge in [-0.05, 0) is 41.5 Å². The number of piperidine rings is 1. The number of fused-ring (bicyclic) bond motifs is 6. The van der Waals surface area contributed by atoms with E-state index in [0.29, 0.717) is 0 Å². The summed E-state index contributed by atoms with van der Waals surface area (Å²) in [6.07, 6.45) is 3.24. The normalized spacial score (nSPS) is 27.3. The second-order valence-corrected chi connectivity index (χ2v) is 5.11. The Labute approximate surface area is 94.5 Å². The van der Waals surface area contributed by atoms with Gasteiger partial charge in [0.25, 0.3) is 0 Å². The van der Waals surface area contributed by atoms with Gasteiger partial charge in [-0.25, -0.2) is 4.98 Å². The van der Waals surface area contributed by atoms with Crippen LogP contribution in [0.4, 0.5) is 0 Å². The fraction of sp³-hybridized carbons (Fsp3) is 0.462. The van der Waals surface area contributed by atoms with Crippen molar-refractivity contribution in [3.05, 3.63) is 29.6 Å². The zero-order valence-electron chi connectivity index (χ0n) is 9.40. The molecule has 1 fully saturated rings. The lowest BCUT2D eigenvalue weighted by Gasteiger charge is -2.19. The summed E-state index contributed by atoms with van der Waals surface area (Å²) in [6.45, 7) is 2.29. The van der Waals surface area contributed by atoms with Gasteiger partial charge in [0.2, 0.25) is 0 Å². The molecule has 0 spiro atoms. The van der Waals surface area contributed by atoms with Crippen molar-refractivity contribution in [2.75, 3.05) is 13.1 Å². The van der Waals surface area contributed by atoms with Crippen molar-refractivity contribution in [3.63, 3.8) is 0 Å². The number of aromatic nitrogens is 2. The summed E-state index contributed by atoms with van der Waals surface area (Å²) in [5, 5.41) is 3.53. The number of benzene rings is 1. The molecular formula is C13H15N3. The summed E-state index contributed by atoms with van der Waals surface area (Å²) >= 11 is 0. The number of hydrogen-bond donors (Lipinski definition) is 1. The molecule has 1 aromatic heterocycles. The van der Waals surface area contributed by atoms with Crippen LogP contribution >= 0.6 is 0 Å². The van der Waals surface area contributed by atoms with Gasteiger partial charge in [0.05, 0.1) is 17.4 Å². The van der Waals surface area contributed by atoms with Crippen LogP contribution in [0.1, 0.15) is 29.4 Å². The number of rotatable bonds is 0. The molecule has 2 unspecified atom stereocenters. The molecule has 2 heterocycles. The highest BCUT2D eigenvalue weighted by atomic mass is 15.0. The molecule has 1 aliphatic heterocycles. The first-order valence-electron chi connectivity index (χ1n) is 5.98. The second kappa shape index (κ2) is 2.86. The van der Waals surface area contributed by atoms with E-state index in [0.717, 1.165) is 30.4 Å². The Hall–Kier alpha value is -1.35. The van der Waals surface area contributed by atoms with Crippen LogP contribution in [0.15, 0.2) is 18.5 Å². The predicted octanol–water partition coefficient (Wildman–Crippen LogP) is 1.75. The number of aryl methyl sites for hydroxylation is 1. The highest BCUT2D eigenvalue weighted by Gasteiger charge is 2.34. The van der Waals surface area contributed by atoms with Crippen molar-refractivity contribution in [3.8, 4) is 0 Å². The lowest BCUT2D eigenvalue weighted by Crippen LogP contribution is -2.28. The van der Waals surface area contributed by atoms with Crippen molar-refractivity contribution >= 4 is 11.0 Å². The van der Waals surface area contributed by atoms with E-state index in [1.165, 1.54) is 11.9 Å². The van der Waals surface area contributed by atoms with Crippen molar-refractivity contribution in [2.45, 2.75) is 18.3 Å². The molecular weight excluding hydrogens is 198 g/mol. The van der Waals surface area contributed by atoms with Crippen molar-refractivity contribution in [2.24, 2.45) is 7.05 Å². The third kappa shape index (κ3) is 0.990. The molecule has 0 saturated carbocycles. The average molecular weight is 213 g/mol. The zero-order chi connectivity index (χ0) is 10.7. The first-order chi connectivity index (χ1) is 7.83. The zero-order valence-corrected chi connectivity index (χ0v) is 9.40. The Morgan fingerprint density at radius 2 is 2.00 bits per heavy atom. The van der Waals surface area contributed by atoms with Crippen LogP contribution in [0.2, 0.25) is 0 Å².